The Balaban J connectivity index is 2.66. The van der Waals surface area contributed by atoms with Crippen LogP contribution in [-0.2, 0) is 24.3 Å². The van der Waals surface area contributed by atoms with Crippen LogP contribution in [0.1, 0.15) is 13.8 Å². The quantitative estimate of drug-likeness (QED) is 0.649. The number of rotatable bonds is 7. The minimum atomic E-state index is -3.79. The van der Waals surface area contributed by atoms with E-state index < -0.39 is 41.1 Å². The maximum absolute atomic E-state index is 11.9. The van der Waals surface area contributed by atoms with Gasteiger partial charge in [-0.15, -0.1) is 0 Å². The molecule has 0 aliphatic rings. The lowest BCUT2D eigenvalue weighted by atomic mass is 10.3. The average molecular weight is 406 g/mol. The standard InChI is InChI=1S/C15H20ClN3O6S/c1-10(2)17-15(22)18-13(20)9-25-14(21)8-19(26(3,23)24)12-6-4-5-11(16)7-12/h4-7,10H,8-9H2,1-3H3,(H2,17,18,20,22). The minimum absolute atomic E-state index is 0.175. The molecule has 0 saturated carbocycles. The normalized spacial score (nSPS) is 11.0. The molecule has 0 heterocycles. The van der Waals surface area contributed by atoms with Crippen LogP contribution in [0.5, 0.6) is 0 Å². The van der Waals surface area contributed by atoms with Crippen molar-refractivity contribution in [3.63, 3.8) is 0 Å². The van der Waals surface area contributed by atoms with Crippen molar-refractivity contribution in [1.29, 1.82) is 0 Å². The lowest BCUT2D eigenvalue weighted by Crippen LogP contribution is -2.44. The third-order valence-corrected chi connectivity index (χ3v) is 4.18. The third kappa shape index (κ3) is 7.70. The zero-order valence-electron chi connectivity index (χ0n) is 14.5. The highest BCUT2D eigenvalue weighted by Gasteiger charge is 2.22. The van der Waals surface area contributed by atoms with E-state index in [1.807, 2.05) is 5.32 Å². The largest absolute Gasteiger partial charge is 0.454 e. The summed E-state index contributed by atoms with van der Waals surface area (Å²) in [6, 6.07) is 5.02. The number of halogens is 1. The van der Waals surface area contributed by atoms with E-state index in [1.165, 1.54) is 18.2 Å². The number of nitrogens with zero attached hydrogens (tertiary/aromatic N) is 1. The van der Waals surface area contributed by atoms with Gasteiger partial charge >= 0.3 is 12.0 Å². The van der Waals surface area contributed by atoms with Gasteiger partial charge in [-0.3, -0.25) is 19.2 Å². The molecule has 0 fully saturated rings. The van der Waals surface area contributed by atoms with Crippen molar-refractivity contribution in [3.8, 4) is 0 Å². The number of benzene rings is 1. The molecule has 0 aliphatic heterocycles. The number of nitrogens with one attached hydrogen (secondary N) is 2. The molecule has 0 radical (unpaired) electrons. The van der Waals surface area contributed by atoms with Crippen LogP contribution in [0.4, 0.5) is 10.5 Å². The van der Waals surface area contributed by atoms with Gasteiger partial charge in [0.15, 0.2) is 6.61 Å². The monoisotopic (exact) mass is 405 g/mol. The van der Waals surface area contributed by atoms with Gasteiger partial charge in [-0.25, -0.2) is 13.2 Å². The van der Waals surface area contributed by atoms with E-state index in [-0.39, 0.29) is 11.7 Å². The van der Waals surface area contributed by atoms with E-state index in [1.54, 1.807) is 19.9 Å². The zero-order valence-corrected chi connectivity index (χ0v) is 16.1. The van der Waals surface area contributed by atoms with E-state index >= 15 is 0 Å². The van der Waals surface area contributed by atoms with Gasteiger partial charge in [-0.2, -0.15) is 0 Å². The number of carbonyl (C=O) groups is 3. The first-order chi connectivity index (χ1) is 12.0. The van der Waals surface area contributed by atoms with Gasteiger partial charge in [0.25, 0.3) is 5.91 Å². The lowest BCUT2D eigenvalue weighted by Gasteiger charge is -2.21. The summed E-state index contributed by atoms with van der Waals surface area (Å²) < 4.78 is 29.3. The van der Waals surface area contributed by atoms with Crippen molar-refractivity contribution >= 4 is 45.2 Å². The van der Waals surface area contributed by atoms with E-state index in [0.29, 0.717) is 5.02 Å². The molecule has 9 nitrogen and oxygen atoms in total. The summed E-state index contributed by atoms with van der Waals surface area (Å²) in [5.41, 5.74) is 0.178. The summed E-state index contributed by atoms with van der Waals surface area (Å²) in [6.07, 6.45) is 0.921. The SMILES string of the molecule is CC(C)NC(=O)NC(=O)COC(=O)CN(c1cccc(Cl)c1)S(C)(=O)=O. The van der Waals surface area contributed by atoms with Gasteiger partial charge in [-0.05, 0) is 32.0 Å². The lowest BCUT2D eigenvalue weighted by molar-refractivity contribution is -0.146. The van der Waals surface area contributed by atoms with Crippen molar-refractivity contribution in [2.75, 3.05) is 23.7 Å². The molecular weight excluding hydrogens is 386 g/mol. The number of anilines is 1. The number of amides is 3. The molecule has 0 unspecified atom stereocenters. The molecule has 3 amide bonds. The topological polar surface area (TPSA) is 122 Å². The van der Waals surface area contributed by atoms with Gasteiger partial charge in [0.05, 0.1) is 11.9 Å². The number of hydrogen-bond acceptors (Lipinski definition) is 6. The van der Waals surface area contributed by atoms with E-state index in [4.69, 9.17) is 16.3 Å². The molecule has 0 bridgehead atoms. The smallest absolute Gasteiger partial charge is 0.327 e. The van der Waals surface area contributed by atoms with Crippen LogP contribution in [0.2, 0.25) is 5.02 Å². The fourth-order valence-corrected chi connectivity index (χ4v) is 2.82. The molecule has 0 aliphatic carbocycles. The summed E-state index contributed by atoms with van der Waals surface area (Å²) >= 11 is 5.83. The fourth-order valence-electron chi connectivity index (χ4n) is 1.80. The molecule has 11 heteroatoms. The van der Waals surface area contributed by atoms with Gasteiger partial charge in [-0.1, -0.05) is 17.7 Å². The Hall–Kier alpha value is -2.33. The first-order valence-corrected chi connectivity index (χ1v) is 9.71. The summed E-state index contributed by atoms with van der Waals surface area (Å²) in [5.74, 6) is -1.81. The zero-order chi connectivity index (χ0) is 19.9. The highest BCUT2D eigenvalue weighted by Crippen LogP contribution is 2.21. The number of urea groups is 1. The van der Waals surface area contributed by atoms with Crippen LogP contribution in [0.15, 0.2) is 24.3 Å². The Morgan fingerprint density at radius 2 is 1.92 bits per heavy atom. The molecule has 0 saturated heterocycles. The van der Waals surface area contributed by atoms with E-state index in [9.17, 15) is 22.8 Å². The molecule has 1 rings (SSSR count). The molecule has 2 N–H and O–H groups in total. The Labute approximate surface area is 156 Å². The highest BCUT2D eigenvalue weighted by molar-refractivity contribution is 7.92. The third-order valence-electron chi connectivity index (χ3n) is 2.81. The van der Waals surface area contributed by atoms with Gasteiger partial charge < -0.3 is 10.1 Å². The molecule has 0 spiro atoms. The number of imide groups is 1. The second kappa shape index (κ2) is 9.39. The number of sulfonamides is 1. The number of esters is 1. The van der Waals surface area contributed by atoms with Crippen molar-refractivity contribution in [2.24, 2.45) is 0 Å². The molecule has 144 valence electrons. The van der Waals surface area contributed by atoms with Crippen LogP contribution < -0.4 is 14.9 Å². The van der Waals surface area contributed by atoms with Crippen LogP contribution >= 0.6 is 11.6 Å². The van der Waals surface area contributed by atoms with Crippen LogP contribution in [0, 0.1) is 0 Å². The van der Waals surface area contributed by atoms with Gasteiger partial charge in [0.2, 0.25) is 10.0 Å². The molecule has 0 aromatic heterocycles. The maximum atomic E-state index is 11.9. The Kier molecular flexibility index (Phi) is 7.84. The Morgan fingerprint density at radius 1 is 1.27 bits per heavy atom. The Bertz CT molecular complexity index is 781. The van der Waals surface area contributed by atoms with E-state index in [2.05, 4.69) is 5.32 Å². The molecule has 1 aromatic carbocycles. The predicted molar refractivity (Wildman–Crippen MR) is 96.4 cm³/mol. The second-order valence-corrected chi connectivity index (χ2v) is 7.93. The first kappa shape index (κ1) is 21.7. The van der Waals surface area contributed by atoms with Gasteiger partial charge in [0.1, 0.15) is 6.54 Å². The summed E-state index contributed by atoms with van der Waals surface area (Å²) in [7, 11) is -3.79. The van der Waals surface area contributed by atoms with Gasteiger partial charge in [0, 0.05) is 11.1 Å². The number of hydrogen-bond donors (Lipinski definition) is 2. The average Bonchev–Trinajstić information content (AvgIpc) is 2.48. The molecule has 26 heavy (non-hydrogen) atoms. The van der Waals surface area contributed by atoms with Crippen molar-refractivity contribution < 1.29 is 27.5 Å². The number of ether oxygens (including phenoxy) is 1. The van der Waals surface area contributed by atoms with Crippen molar-refractivity contribution in [2.45, 2.75) is 19.9 Å². The molecular formula is C15H20ClN3O6S. The maximum Gasteiger partial charge on any atom is 0.327 e. The van der Waals surface area contributed by atoms with E-state index in [0.717, 1.165) is 10.6 Å². The van der Waals surface area contributed by atoms with Crippen molar-refractivity contribution in [3.05, 3.63) is 29.3 Å². The molecule has 1 aromatic rings. The van der Waals surface area contributed by atoms with Crippen LogP contribution in [0.25, 0.3) is 0 Å². The summed E-state index contributed by atoms with van der Waals surface area (Å²) in [5, 5.41) is 4.69. The summed E-state index contributed by atoms with van der Waals surface area (Å²) in [6.45, 7) is 2.04. The highest BCUT2D eigenvalue weighted by atomic mass is 35.5. The fraction of sp³-hybridized carbons (Fsp3) is 0.400. The van der Waals surface area contributed by atoms with Crippen LogP contribution in [0.3, 0.4) is 0 Å². The predicted octanol–water partition coefficient (Wildman–Crippen LogP) is 0.883. The number of carbonyl (C=O) groups excluding carboxylic acids is 3. The summed E-state index contributed by atoms with van der Waals surface area (Å²) in [4.78, 5) is 34.8. The Morgan fingerprint density at radius 3 is 2.46 bits per heavy atom. The molecule has 0 atom stereocenters. The minimum Gasteiger partial charge on any atom is -0.454 e. The van der Waals surface area contributed by atoms with Crippen molar-refractivity contribution in [1.82, 2.24) is 10.6 Å². The van der Waals surface area contributed by atoms with Crippen LogP contribution in [-0.4, -0.2) is 51.8 Å². The second-order valence-electron chi connectivity index (χ2n) is 5.59. The first-order valence-electron chi connectivity index (χ1n) is 7.48.